The third-order valence-corrected chi connectivity index (χ3v) is 4.71. The van der Waals surface area contributed by atoms with Crippen molar-refractivity contribution in [2.24, 2.45) is 0 Å². The standard InChI is InChI=1S/C20H25N3O2/c1-13-9-17(11-21-18(13)24)22-19(25)23-8-7-14-5-6-16(20(2,3)4)10-15(14)12-23/h5-6,9-11H,7-8,12H2,1-4H3,(H,21,24)(H,22,25). The molecular formula is C20H25N3O2. The average Bonchev–Trinajstić information content (AvgIpc) is 2.56. The number of amides is 2. The number of hydrogen-bond donors (Lipinski definition) is 2. The Kier molecular flexibility index (Phi) is 4.41. The highest BCUT2D eigenvalue weighted by molar-refractivity contribution is 5.89. The van der Waals surface area contributed by atoms with E-state index in [4.69, 9.17) is 0 Å². The smallest absolute Gasteiger partial charge is 0.322 e. The van der Waals surface area contributed by atoms with E-state index in [0.29, 0.717) is 24.3 Å². The molecule has 2 N–H and O–H groups in total. The highest BCUT2D eigenvalue weighted by atomic mass is 16.2. The molecule has 0 aliphatic carbocycles. The van der Waals surface area contributed by atoms with Crippen LogP contribution < -0.4 is 10.9 Å². The van der Waals surface area contributed by atoms with Crippen LogP contribution in [0, 0.1) is 6.92 Å². The Labute approximate surface area is 148 Å². The van der Waals surface area contributed by atoms with Crippen LogP contribution in [0.3, 0.4) is 0 Å². The van der Waals surface area contributed by atoms with Crippen molar-refractivity contribution in [2.45, 2.75) is 46.1 Å². The van der Waals surface area contributed by atoms with Crippen LogP contribution in [0.4, 0.5) is 10.5 Å². The van der Waals surface area contributed by atoms with Crippen molar-refractivity contribution in [3.8, 4) is 0 Å². The molecule has 1 aromatic heterocycles. The topological polar surface area (TPSA) is 65.2 Å². The van der Waals surface area contributed by atoms with Crippen LogP contribution in [0.5, 0.6) is 0 Å². The van der Waals surface area contributed by atoms with E-state index in [1.54, 1.807) is 13.0 Å². The molecule has 0 unspecified atom stereocenters. The fourth-order valence-electron chi connectivity index (χ4n) is 3.07. The molecule has 1 aliphatic heterocycles. The normalized spacial score (nSPS) is 14.2. The number of aryl methyl sites for hydroxylation is 1. The predicted octanol–water partition coefficient (Wildman–Crippen LogP) is 3.57. The molecule has 0 saturated heterocycles. The van der Waals surface area contributed by atoms with E-state index in [1.807, 2.05) is 4.90 Å². The van der Waals surface area contributed by atoms with Crippen molar-refractivity contribution in [2.75, 3.05) is 11.9 Å². The monoisotopic (exact) mass is 339 g/mol. The number of anilines is 1. The number of nitrogens with zero attached hydrogens (tertiary/aromatic N) is 1. The Morgan fingerprint density at radius 2 is 1.96 bits per heavy atom. The minimum Gasteiger partial charge on any atom is -0.327 e. The number of H-pyrrole nitrogens is 1. The second-order valence-corrected chi connectivity index (χ2v) is 7.74. The van der Waals surface area contributed by atoms with E-state index in [9.17, 15) is 9.59 Å². The fraction of sp³-hybridized carbons (Fsp3) is 0.400. The third-order valence-electron chi connectivity index (χ3n) is 4.71. The maximum Gasteiger partial charge on any atom is 0.322 e. The molecule has 132 valence electrons. The van der Waals surface area contributed by atoms with Crippen LogP contribution in [0.25, 0.3) is 0 Å². The van der Waals surface area contributed by atoms with Crippen molar-refractivity contribution in [1.29, 1.82) is 0 Å². The van der Waals surface area contributed by atoms with Gasteiger partial charge in [0.2, 0.25) is 0 Å². The van der Waals surface area contributed by atoms with Crippen LogP contribution in [0.2, 0.25) is 0 Å². The number of hydrogen-bond acceptors (Lipinski definition) is 2. The highest BCUT2D eigenvalue weighted by Gasteiger charge is 2.23. The van der Waals surface area contributed by atoms with Gasteiger partial charge >= 0.3 is 6.03 Å². The lowest BCUT2D eigenvalue weighted by Gasteiger charge is -2.30. The van der Waals surface area contributed by atoms with Gasteiger partial charge in [0, 0.05) is 24.8 Å². The van der Waals surface area contributed by atoms with Gasteiger partial charge < -0.3 is 15.2 Å². The molecule has 2 amide bonds. The molecule has 0 bridgehead atoms. The number of carbonyl (C=O) groups excluding carboxylic acids is 1. The van der Waals surface area contributed by atoms with E-state index < -0.39 is 0 Å². The third kappa shape index (κ3) is 3.76. The Morgan fingerprint density at radius 3 is 2.64 bits per heavy atom. The first-order valence-electron chi connectivity index (χ1n) is 8.61. The number of aromatic nitrogens is 1. The first-order valence-corrected chi connectivity index (χ1v) is 8.61. The Morgan fingerprint density at radius 1 is 1.20 bits per heavy atom. The number of aromatic amines is 1. The molecule has 5 nitrogen and oxygen atoms in total. The number of carbonyl (C=O) groups is 1. The first-order chi connectivity index (χ1) is 11.7. The second kappa shape index (κ2) is 6.39. The molecule has 2 aromatic rings. The minimum atomic E-state index is -0.140. The zero-order valence-electron chi connectivity index (χ0n) is 15.3. The van der Waals surface area contributed by atoms with Gasteiger partial charge in [0.15, 0.2) is 0 Å². The molecule has 1 aromatic carbocycles. The quantitative estimate of drug-likeness (QED) is 0.834. The second-order valence-electron chi connectivity index (χ2n) is 7.74. The van der Waals surface area contributed by atoms with E-state index in [1.165, 1.54) is 22.9 Å². The summed E-state index contributed by atoms with van der Waals surface area (Å²) in [4.78, 5) is 28.5. The molecule has 0 atom stereocenters. The first kappa shape index (κ1) is 17.3. The lowest BCUT2D eigenvalue weighted by molar-refractivity contribution is 0.206. The zero-order valence-corrected chi connectivity index (χ0v) is 15.3. The van der Waals surface area contributed by atoms with Crippen LogP contribution in [0.1, 0.15) is 43.0 Å². The van der Waals surface area contributed by atoms with Crippen LogP contribution >= 0.6 is 0 Å². The van der Waals surface area contributed by atoms with Gasteiger partial charge in [-0.2, -0.15) is 0 Å². The number of fused-ring (bicyclic) bond motifs is 1. The highest BCUT2D eigenvalue weighted by Crippen LogP contribution is 2.27. The van der Waals surface area contributed by atoms with Gasteiger partial charge in [0.05, 0.1) is 5.69 Å². The van der Waals surface area contributed by atoms with Gasteiger partial charge in [0.1, 0.15) is 0 Å². The van der Waals surface area contributed by atoms with E-state index in [0.717, 1.165) is 6.42 Å². The van der Waals surface area contributed by atoms with E-state index in [2.05, 4.69) is 49.3 Å². The average molecular weight is 339 g/mol. The Bertz CT molecular complexity index is 862. The Hall–Kier alpha value is -2.56. The summed E-state index contributed by atoms with van der Waals surface area (Å²) < 4.78 is 0. The van der Waals surface area contributed by atoms with Gasteiger partial charge in [-0.3, -0.25) is 4.79 Å². The molecule has 0 saturated carbocycles. The van der Waals surface area contributed by atoms with Crippen molar-refractivity contribution in [3.63, 3.8) is 0 Å². The molecule has 5 heteroatoms. The van der Waals surface area contributed by atoms with Crippen molar-refractivity contribution < 1.29 is 4.79 Å². The van der Waals surface area contributed by atoms with Gasteiger partial charge in [-0.15, -0.1) is 0 Å². The molecule has 1 aliphatic rings. The summed E-state index contributed by atoms with van der Waals surface area (Å²) in [6.45, 7) is 9.60. The number of pyridine rings is 1. The molecule has 0 radical (unpaired) electrons. The molecule has 2 heterocycles. The summed E-state index contributed by atoms with van der Waals surface area (Å²) in [5, 5.41) is 2.87. The summed E-state index contributed by atoms with van der Waals surface area (Å²) in [6.07, 6.45) is 2.39. The fourth-order valence-corrected chi connectivity index (χ4v) is 3.07. The molecule has 0 spiro atoms. The number of rotatable bonds is 1. The SMILES string of the molecule is Cc1cc(NC(=O)N2CCc3ccc(C(C)(C)C)cc3C2)c[nH]c1=O. The molecule has 0 fully saturated rings. The predicted molar refractivity (Wildman–Crippen MR) is 100 cm³/mol. The summed E-state index contributed by atoms with van der Waals surface area (Å²) in [7, 11) is 0. The van der Waals surface area contributed by atoms with Crippen molar-refractivity contribution in [1.82, 2.24) is 9.88 Å². The summed E-state index contributed by atoms with van der Waals surface area (Å²) in [5.41, 5.74) is 4.95. The van der Waals surface area contributed by atoms with Gasteiger partial charge in [-0.05, 0) is 41.5 Å². The zero-order chi connectivity index (χ0) is 18.2. The maximum absolute atomic E-state index is 12.6. The lowest BCUT2D eigenvalue weighted by atomic mass is 9.84. The largest absolute Gasteiger partial charge is 0.327 e. The Balaban J connectivity index is 1.76. The van der Waals surface area contributed by atoms with Gasteiger partial charge in [-0.1, -0.05) is 39.0 Å². The van der Waals surface area contributed by atoms with Crippen LogP contribution in [-0.4, -0.2) is 22.5 Å². The maximum atomic E-state index is 12.6. The number of nitrogens with one attached hydrogen (secondary N) is 2. The van der Waals surface area contributed by atoms with Gasteiger partial charge in [-0.25, -0.2) is 4.79 Å². The summed E-state index contributed by atoms with van der Waals surface area (Å²) in [5.74, 6) is 0. The van der Waals surface area contributed by atoms with E-state index >= 15 is 0 Å². The molecule has 25 heavy (non-hydrogen) atoms. The summed E-state index contributed by atoms with van der Waals surface area (Å²) in [6, 6.07) is 8.15. The molecule has 3 rings (SSSR count). The van der Waals surface area contributed by atoms with Crippen molar-refractivity contribution >= 4 is 11.7 Å². The summed E-state index contributed by atoms with van der Waals surface area (Å²) >= 11 is 0. The van der Waals surface area contributed by atoms with Crippen LogP contribution in [0.15, 0.2) is 35.3 Å². The lowest BCUT2D eigenvalue weighted by Crippen LogP contribution is -2.39. The van der Waals surface area contributed by atoms with E-state index in [-0.39, 0.29) is 17.0 Å². The minimum absolute atomic E-state index is 0.0903. The molecular weight excluding hydrogens is 314 g/mol. The van der Waals surface area contributed by atoms with Crippen LogP contribution in [-0.2, 0) is 18.4 Å². The number of urea groups is 1. The number of benzene rings is 1. The van der Waals surface area contributed by atoms with Crippen molar-refractivity contribution in [3.05, 3.63) is 63.1 Å². The van der Waals surface area contributed by atoms with Gasteiger partial charge in [0.25, 0.3) is 5.56 Å².